The third kappa shape index (κ3) is 5.65. The molecule has 5 heteroatoms. The van der Waals surface area contributed by atoms with Crippen LogP contribution in [0.1, 0.15) is 12.0 Å². The summed E-state index contributed by atoms with van der Waals surface area (Å²) in [6.45, 7) is 3.20. The van der Waals surface area contributed by atoms with Crippen molar-refractivity contribution < 1.29 is 14.3 Å². The van der Waals surface area contributed by atoms with E-state index in [0.717, 1.165) is 25.8 Å². The molecule has 0 bridgehead atoms. The number of nitrogens with zero attached hydrogens (tertiary/aromatic N) is 1. The fourth-order valence-corrected chi connectivity index (χ4v) is 2.36. The molecule has 1 heterocycles. The molecule has 0 radical (unpaired) electrons. The van der Waals surface area contributed by atoms with Gasteiger partial charge in [0.05, 0.1) is 25.8 Å². The highest BCUT2D eigenvalue weighted by molar-refractivity contribution is 5.81. The Balaban J connectivity index is 1.73. The van der Waals surface area contributed by atoms with Crippen molar-refractivity contribution in [3.63, 3.8) is 0 Å². The number of carbonyl (C=O) groups excluding carboxylic acids is 2. The van der Waals surface area contributed by atoms with Crippen molar-refractivity contribution in [3.05, 3.63) is 35.9 Å². The van der Waals surface area contributed by atoms with Crippen molar-refractivity contribution in [1.82, 2.24) is 10.2 Å². The van der Waals surface area contributed by atoms with E-state index in [1.807, 2.05) is 35.2 Å². The van der Waals surface area contributed by atoms with Crippen LogP contribution in [0, 0.1) is 0 Å². The molecule has 114 valence electrons. The number of nitrogens with one attached hydrogen (secondary N) is 1. The number of benzene rings is 1. The SMILES string of the molecule is O=C[C@H](CCc1ccccc1)NC(=O)CN1CCOCC1. The topological polar surface area (TPSA) is 58.6 Å². The van der Waals surface area contributed by atoms with Crippen molar-refractivity contribution in [2.24, 2.45) is 0 Å². The minimum absolute atomic E-state index is 0.0953. The maximum Gasteiger partial charge on any atom is 0.234 e. The van der Waals surface area contributed by atoms with Crippen molar-refractivity contribution in [1.29, 1.82) is 0 Å². The zero-order valence-corrected chi connectivity index (χ0v) is 12.2. The van der Waals surface area contributed by atoms with E-state index in [-0.39, 0.29) is 5.91 Å². The van der Waals surface area contributed by atoms with Crippen LogP contribution in [0.3, 0.4) is 0 Å². The first kappa shape index (κ1) is 15.7. The number of hydrogen-bond donors (Lipinski definition) is 1. The van der Waals surface area contributed by atoms with E-state index in [0.29, 0.717) is 26.2 Å². The zero-order valence-electron chi connectivity index (χ0n) is 12.2. The van der Waals surface area contributed by atoms with Crippen LogP contribution in [0.4, 0.5) is 0 Å². The summed E-state index contributed by atoms with van der Waals surface area (Å²) in [6.07, 6.45) is 2.23. The molecule has 0 aliphatic carbocycles. The lowest BCUT2D eigenvalue weighted by Crippen LogP contribution is -2.46. The van der Waals surface area contributed by atoms with Crippen LogP contribution < -0.4 is 5.32 Å². The average Bonchev–Trinajstić information content (AvgIpc) is 2.53. The van der Waals surface area contributed by atoms with E-state index in [2.05, 4.69) is 5.32 Å². The molecule has 0 aromatic heterocycles. The minimum Gasteiger partial charge on any atom is -0.379 e. The number of rotatable bonds is 7. The standard InChI is InChI=1S/C16H22N2O3/c19-13-15(7-6-14-4-2-1-3-5-14)17-16(20)12-18-8-10-21-11-9-18/h1-5,13,15H,6-12H2,(H,17,20)/t15-/m0/s1. The van der Waals surface area contributed by atoms with Gasteiger partial charge in [0.25, 0.3) is 0 Å². The van der Waals surface area contributed by atoms with E-state index < -0.39 is 6.04 Å². The van der Waals surface area contributed by atoms with E-state index in [4.69, 9.17) is 4.74 Å². The normalized spacial score (nSPS) is 17.1. The zero-order chi connectivity index (χ0) is 14.9. The quantitative estimate of drug-likeness (QED) is 0.749. The molecule has 2 rings (SSSR count). The number of hydrogen-bond acceptors (Lipinski definition) is 4. The Morgan fingerprint density at radius 1 is 1.29 bits per heavy atom. The third-order valence-electron chi connectivity index (χ3n) is 3.57. The lowest BCUT2D eigenvalue weighted by atomic mass is 10.1. The summed E-state index contributed by atoms with van der Waals surface area (Å²) in [7, 11) is 0. The Hall–Kier alpha value is -1.72. The molecule has 1 aliphatic rings. The fraction of sp³-hybridized carbons (Fsp3) is 0.500. The highest BCUT2D eigenvalue weighted by Crippen LogP contribution is 2.04. The first-order chi connectivity index (χ1) is 10.3. The highest BCUT2D eigenvalue weighted by atomic mass is 16.5. The minimum atomic E-state index is -0.418. The molecule has 1 aliphatic heterocycles. The molecule has 1 aromatic rings. The fourth-order valence-electron chi connectivity index (χ4n) is 2.36. The predicted octanol–water partition coefficient (Wildman–Crippen LogP) is 0.635. The Kier molecular flexibility index (Phi) is 6.37. The Morgan fingerprint density at radius 3 is 2.67 bits per heavy atom. The van der Waals surface area contributed by atoms with Crippen molar-refractivity contribution in [2.75, 3.05) is 32.8 Å². The molecule has 1 saturated heterocycles. The maximum absolute atomic E-state index is 11.9. The summed E-state index contributed by atoms with van der Waals surface area (Å²) in [5.41, 5.74) is 1.17. The lowest BCUT2D eigenvalue weighted by molar-refractivity contribution is -0.126. The maximum atomic E-state index is 11.9. The van der Waals surface area contributed by atoms with E-state index in [1.54, 1.807) is 0 Å². The van der Waals surface area contributed by atoms with Crippen molar-refractivity contribution in [3.8, 4) is 0 Å². The number of ether oxygens (including phenoxy) is 1. The summed E-state index contributed by atoms with van der Waals surface area (Å²) >= 11 is 0. The van der Waals surface area contributed by atoms with Gasteiger partial charge in [-0.3, -0.25) is 9.69 Å². The van der Waals surface area contributed by atoms with Crippen molar-refractivity contribution >= 4 is 12.2 Å². The molecule has 0 spiro atoms. The van der Waals surface area contributed by atoms with E-state index in [9.17, 15) is 9.59 Å². The second-order valence-electron chi connectivity index (χ2n) is 5.22. The van der Waals surface area contributed by atoms with Gasteiger partial charge in [0.2, 0.25) is 5.91 Å². The Labute approximate surface area is 125 Å². The number of aldehydes is 1. The van der Waals surface area contributed by atoms with Crippen LogP contribution in [0.15, 0.2) is 30.3 Å². The first-order valence-electron chi connectivity index (χ1n) is 7.36. The summed E-state index contributed by atoms with van der Waals surface area (Å²) in [5, 5.41) is 2.79. The molecule has 21 heavy (non-hydrogen) atoms. The summed E-state index contributed by atoms with van der Waals surface area (Å²) in [5.74, 6) is -0.0953. The van der Waals surface area contributed by atoms with Gasteiger partial charge in [-0.05, 0) is 18.4 Å². The largest absolute Gasteiger partial charge is 0.379 e. The van der Waals surface area contributed by atoms with Crippen LogP contribution in [0.25, 0.3) is 0 Å². The summed E-state index contributed by atoms with van der Waals surface area (Å²) in [4.78, 5) is 25.1. The second-order valence-corrected chi connectivity index (χ2v) is 5.22. The van der Waals surface area contributed by atoms with Crippen LogP contribution in [-0.4, -0.2) is 56.0 Å². The molecule has 1 fully saturated rings. The molecule has 1 aromatic carbocycles. The smallest absolute Gasteiger partial charge is 0.234 e. The number of amides is 1. The van der Waals surface area contributed by atoms with Gasteiger partial charge in [-0.15, -0.1) is 0 Å². The molecular weight excluding hydrogens is 268 g/mol. The number of aryl methyl sites for hydroxylation is 1. The van der Waals surface area contributed by atoms with Gasteiger partial charge in [-0.25, -0.2) is 0 Å². The van der Waals surface area contributed by atoms with Gasteiger partial charge in [0.1, 0.15) is 6.29 Å². The van der Waals surface area contributed by atoms with Gasteiger partial charge < -0.3 is 14.8 Å². The second kappa shape index (κ2) is 8.54. The molecule has 0 unspecified atom stereocenters. The lowest BCUT2D eigenvalue weighted by Gasteiger charge is -2.26. The van der Waals surface area contributed by atoms with E-state index >= 15 is 0 Å². The van der Waals surface area contributed by atoms with Crippen LogP contribution in [0.5, 0.6) is 0 Å². The predicted molar refractivity (Wildman–Crippen MR) is 80.0 cm³/mol. The van der Waals surface area contributed by atoms with E-state index in [1.165, 1.54) is 5.56 Å². The summed E-state index contributed by atoms with van der Waals surface area (Å²) < 4.78 is 5.24. The molecule has 1 atom stereocenters. The molecular formula is C16H22N2O3. The van der Waals surface area contributed by atoms with Crippen LogP contribution in [-0.2, 0) is 20.7 Å². The number of morpholine rings is 1. The average molecular weight is 290 g/mol. The third-order valence-corrected chi connectivity index (χ3v) is 3.57. The van der Waals surface area contributed by atoms with Crippen LogP contribution >= 0.6 is 0 Å². The highest BCUT2D eigenvalue weighted by Gasteiger charge is 2.16. The van der Waals surface area contributed by atoms with Gasteiger partial charge in [-0.1, -0.05) is 30.3 Å². The van der Waals surface area contributed by atoms with Gasteiger partial charge in [0.15, 0.2) is 0 Å². The van der Waals surface area contributed by atoms with Gasteiger partial charge in [-0.2, -0.15) is 0 Å². The number of carbonyl (C=O) groups is 2. The Morgan fingerprint density at radius 2 is 2.00 bits per heavy atom. The van der Waals surface area contributed by atoms with Crippen molar-refractivity contribution in [2.45, 2.75) is 18.9 Å². The molecule has 5 nitrogen and oxygen atoms in total. The monoisotopic (exact) mass is 290 g/mol. The van der Waals surface area contributed by atoms with Gasteiger partial charge >= 0.3 is 0 Å². The Bertz CT molecular complexity index is 444. The molecule has 1 amide bonds. The van der Waals surface area contributed by atoms with Crippen LogP contribution in [0.2, 0.25) is 0 Å². The molecule has 1 N–H and O–H groups in total. The molecule has 0 saturated carbocycles. The first-order valence-corrected chi connectivity index (χ1v) is 7.36. The van der Waals surface area contributed by atoms with Gasteiger partial charge in [0, 0.05) is 13.1 Å². The summed E-state index contributed by atoms with van der Waals surface area (Å²) in [6, 6.07) is 9.54.